The van der Waals surface area contributed by atoms with Gasteiger partial charge in [0.2, 0.25) is 0 Å². The van der Waals surface area contributed by atoms with E-state index in [0.29, 0.717) is 6.04 Å². The van der Waals surface area contributed by atoms with Gasteiger partial charge in [-0.25, -0.2) is 0 Å². The number of hydrogen-bond acceptors (Lipinski definition) is 2. The molecule has 2 rings (SSSR count). The molecule has 2 nitrogen and oxygen atoms in total. The molecule has 0 heterocycles. The number of nitrogens with one attached hydrogen (secondary N) is 1. The van der Waals surface area contributed by atoms with E-state index in [9.17, 15) is 0 Å². The van der Waals surface area contributed by atoms with Crippen LogP contribution in [0.2, 0.25) is 0 Å². The van der Waals surface area contributed by atoms with Crippen LogP contribution in [0.15, 0.2) is 46.9 Å². The average molecular weight is 460 g/mol. The van der Waals surface area contributed by atoms with Gasteiger partial charge in [-0.2, -0.15) is 0 Å². The highest BCUT2D eigenvalue weighted by molar-refractivity contribution is 14.1. The monoisotopic (exact) mass is 459 g/mol. The van der Waals surface area contributed by atoms with Crippen molar-refractivity contribution >= 4 is 38.5 Å². The van der Waals surface area contributed by atoms with Gasteiger partial charge in [0.1, 0.15) is 5.75 Å². The molecule has 1 N–H and O–H groups in total. The maximum absolute atomic E-state index is 5.22. The zero-order valence-corrected chi connectivity index (χ0v) is 15.9. The molecule has 0 fully saturated rings. The Morgan fingerprint density at radius 3 is 2.52 bits per heavy atom. The van der Waals surface area contributed by atoms with Gasteiger partial charge in [0.25, 0.3) is 0 Å². The Kier molecular flexibility index (Phi) is 6.51. The number of halogens is 2. The summed E-state index contributed by atoms with van der Waals surface area (Å²) >= 11 is 5.98. The van der Waals surface area contributed by atoms with Crippen molar-refractivity contribution in [2.45, 2.75) is 19.4 Å². The van der Waals surface area contributed by atoms with Gasteiger partial charge in [-0.1, -0.05) is 35.0 Å². The highest BCUT2D eigenvalue weighted by Crippen LogP contribution is 2.27. The molecule has 0 saturated carbocycles. The number of benzene rings is 2. The van der Waals surface area contributed by atoms with E-state index in [4.69, 9.17) is 4.74 Å². The minimum atomic E-state index is 0.313. The van der Waals surface area contributed by atoms with Crippen molar-refractivity contribution in [2.24, 2.45) is 0 Å². The summed E-state index contributed by atoms with van der Waals surface area (Å²) in [6.07, 6.45) is 0.963. The van der Waals surface area contributed by atoms with E-state index in [1.807, 2.05) is 12.1 Å². The highest BCUT2D eigenvalue weighted by Gasteiger charge is 2.14. The normalized spacial score (nSPS) is 12.2. The summed E-state index contributed by atoms with van der Waals surface area (Å²) in [5, 5.41) is 3.59. The van der Waals surface area contributed by atoms with Crippen molar-refractivity contribution in [1.29, 1.82) is 0 Å². The molecule has 0 spiro atoms. The molecule has 0 amide bonds. The Hall–Kier alpha value is -0.590. The number of likely N-dealkylation sites (N-methyl/N-ethyl adjacent to an activating group) is 1. The molecule has 2 aromatic rings. The first-order valence-corrected chi connectivity index (χ1v) is 8.82. The van der Waals surface area contributed by atoms with Gasteiger partial charge in [-0.3, -0.25) is 0 Å². The highest BCUT2D eigenvalue weighted by atomic mass is 127. The number of rotatable bonds is 6. The summed E-state index contributed by atoms with van der Waals surface area (Å²) in [7, 11) is 1.69. The molecule has 112 valence electrons. The van der Waals surface area contributed by atoms with E-state index in [0.717, 1.165) is 23.2 Å². The fourth-order valence-electron chi connectivity index (χ4n) is 2.32. The van der Waals surface area contributed by atoms with Crippen molar-refractivity contribution in [3.63, 3.8) is 0 Å². The molecule has 1 atom stereocenters. The van der Waals surface area contributed by atoms with E-state index in [-0.39, 0.29) is 0 Å². The third-order valence-corrected chi connectivity index (χ3v) is 4.86. The van der Waals surface area contributed by atoms with Crippen LogP contribution in [-0.2, 0) is 6.42 Å². The average Bonchev–Trinajstić information content (AvgIpc) is 2.50. The van der Waals surface area contributed by atoms with Gasteiger partial charge in [0, 0.05) is 14.1 Å². The molecular formula is C17H19BrINO. The topological polar surface area (TPSA) is 21.3 Å². The first kappa shape index (κ1) is 16.8. The number of ether oxygens (including phenoxy) is 1. The summed E-state index contributed by atoms with van der Waals surface area (Å²) in [5.41, 5.74) is 2.64. The lowest BCUT2D eigenvalue weighted by Crippen LogP contribution is -2.23. The molecule has 21 heavy (non-hydrogen) atoms. The van der Waals surface area contributed by atoms with Gasteiger partial charge in [-0.05, 0) is 77.0 Å². The molecule has 0 radical (unpaired) electrons. The molecule has 1 unspecified atom stereocenters. The SMILES string of the molecule is CCNC(Cc1ccc(OC)cc1)c1cc(Br)ccc1I. The zero-order chi connectivity index (χ0) is 15.2. The molecule has 2 aromatic carbocycles. The molecule has 0 aliphatic rings. The second-order valence-electron chi connectivity index (χ2n) is 4.83. The van der Waals surface area contributed by atoms with E-state index in [2.05, 4.69) is 81.1 Å². The zero-order valence-electron chi connectivity index (χ0n) is 12.2. The van der Waals surface area contributed by atoms with Crippen molar-refractivity contribution in [2.75, 3.05) is 13.7 Å². The third-order valence-electron chi connectivity index (χ3n) is 3.38. The van der Waals surface area contributed by atoms with Crippen LogP contribution in [0.1, 0.15) is 24.1 Å². The van der Waals surface area contributed by atoms with Gasteiger partial charge in [0.05, 0.1) is 7.11 Å². The van der Waals surface area contributed by atoms with Gasteiger partial charge in [0.15, 0.2) is 0 Å². The number of methoxy groups -OCH3 is 1. The van der Waals surface area contributed by atoms with Crippen LogP contribution in [0.3, 0.4) is 0 Å². The van der Waals surface area contributed by atoms with Crippen molar-refractivity contribution in [1.82, 2.24) is 5.32 Å². The number of hydrogen-bond donors (Lipinski definition) is 1. The predicted octanol–water partition coefficient (Wildman–Crippen LogP) is 4.96. The Balaban J connectivity index is 2.23. The van der Waals surface area contributed by atoms with Crippen LogP contribution in [0.25, 0.3) is 0 Å². The predicted molar refractivity (Wildman–Crippen MR) is 100.0 cm³/mol. The van der Waals surface area contributed by atoms with Crippen LogP contribution < -0.4 is 10.1 Å². The molecule has 4 heteroatoms. The molecule has 0 aliphatic heterocycles. The summed E-state index contributed by atoms with van der Waals surface area (Å²) < 4.78 is 7.63. The minimum Gasteiger partial charge on any atom is -0.497 e. The van der Waals surface area contributed by atoms with Gasteiger partial charge in [-0.15, -0.1) is 0 Å². The first-order chi connectivity index (χ1) is 10.1. The second kappa shape index (κ2) is 8.15. The summed E-state index contributed by atoms with van der Waals surface area (Å²) in [4.78, 5) is 0. The Morgan fingerprint density at radius 2 is 1.90 bits per heavy atom. The summed E-state index contributed by atoms with van der Waals surface area (Å²) in [6.45, 7) is 3.09. The lowest BCUT2D eigenvalue weighted by atomic mass is 9.99. The van der Waals surface area contributed by atoms with Crippen LogP contribution in [-0.4, -0.2) is 13.7 Å². The van der Waals surface area contributed by atoms with Gasteiger partial charge < -0.3 is 10.1 Å². The van der Waals surface area contributed by atoms with Crippen molar-refractivity contribution in [3.8, 4) is 5.75 Å². The lowest BCUT2D eigenvalue weighted by Gasteiger charge is -2.20. The quantitative estimate of drug-likeness (QED) is 0.616. The fraction of sp³-hybridized carbons (Fsp3) is 0.294. The molecule has 0 aromatic heterocycles. The smallest absolute Gasteiger partial charge is 0.118 e. The van der Waals surface area contributed by atoms with E-state index in [1.165, 1.54) is 14.7 Å². The third kappa shape index (κ3) is 4.69. The van der Waals surface area contributed by atoms with Gasteiger partial charge >= 0.3 is 0 Å². The summed E-state index contributed by atoms with van der Waals surface area (Å²) in [6, 6.07) is 15.1. The van der Waals surface area contributed by atoms with Crippen LogP contribution in [0.5, 0.6) is 5.75 Å². The van der Waals surface area contributed by atoms with Crippen LogP contribution in [0.4, 0.5) is 0 Å². The first-order valence-electron chi connectivity index (χ1n) is 6.95. The van der Waals surface area contributed by atoms with Crippen LogP contribution >= 0.6 is 38.5 Å². The Labute approximate surface area is 148 Å². The second-order valence-corrected chi connectivity index (χ2v) is 6.91. The molecule has 0 saturated heterocycles. The fourth-order valence-corrected chi connectivity index (χ4v) is 3.41. The summed E-state index contributed by atoms with van der Waals surface area (Å²) in [5.74, 6) is 0.899. The Morgan fingerprint density at radius 1 is 1.19 bits per heavy atom. The van der Waals surface area contributed by atoms with Crippen molar-refractivity contribution < 1.29 is 4.74 Å². The Bertz CT molecular complexity index is 586. The van der Waals surface area contributed by atoms with Crippen molar-refractivity contribution in [3.05, 3.63) is 61.6 Å². The molecule has 0 bridgehead atoms. The van der Waals surface area contributed by atoms with E-state index < -0.39 is 0 Å². The standard InChI is InChI=1S/C17H19BrINO/c1-3-20-17(15-11-13(18)6-9-16(15)19)10-12-4-7-14(21-2)8-5-12/h4-9,11,17,20H,3,10H2,1-2H3. The lowest BCUT2D eigenvalue weighted by molar-refractivity contribution is 0.414. The van der Waals surface area contributed by atoms with Crippen LogP contribution in [0, 0.1) is 3.57 Å². The minimum absolute atomic E-state index is 0.313. The largest absolute Gasteiger partial charge is 0.497 e. The molecule has 0 aliphatic carbocycles. The van der Waals surface area contributed by atoms with E-state index >= 15 is 0 Å². The maximum Gasteiger partial charge on any atom is 0.118 e. The van der Waals surface area contributed by atoms with E-state index in [1.54, 1.807) is 7.11 Å². The molecular weight excluding hydrogens is 441 g/mol. The maximum atomic E-state index is 5.22.